The molecule has 1 saturated carbocycles. The highest BCUT2D eigenvalue weighted by molar-refractivity contribution is 7.71. The maximum Gasteiger partial charge on any atom is 0.178 e. The van der Waals surface area contributed by atoms with E-state index in [0.717, 1.165) is 28.1 Å². The van der Waals surface area contributed by atoms with Crippen LogP contribution in [0.15, 0.2) is 18.2 Å². The second-order valence-corrected chi connectivity index (χ2v) is 6.35. The summed E-state index contributed by atoms with van der Waals surface area (Å²) in [5, 5.41) is 0. The minimum Gasteiger partial charge on any atom is -0.497 e. The molecule has 0 unspecified atom stereocenters. The molecule has 0 amide bonds. The third-order valence-electron chi connectivity index (χ3n) is 4.89. The van der Waals surface area contributed by atoms with Crippen LogP contribution in [0.1, 0.15) is 39.0 Å². The molecule has 1 aromatic heterocycles. The van der Waals surface area contributed by atoms with Crippen molar-refractivity contribution in [2.24, 2.45) is 5.41 Å². The molecule has 0 bridgehead atoms. The average molecular weight is 290 g/mol. The Bertz CT molecular complexity index is 665. The van der Waals surface area contributed by atoms with Gasteiger partial charge in [-0.1, -0.05) is 19.8 Å². The number of nitrogens with one attached hydrogen (secondary N) is 1. The third-order valence-corrected chi connectivity index (χ3v) is 5.21. The van der Waals surface area contributed by atoms with Crippen LogP contribution in [0.3, 0.4) is 0 Å². The van der Waals surface area contributed by atoms with E-state index >= 15 is 0 Å². The Balaban J connectivity index is 2.06. The second kappa shape index (κ2) is 5.24. The molecule has 3 rings (SSSR count). The summed E-state index contributed by atoms with van der Waals surface area (Å²) in [6.45, 7) is 3.33. The lowest BCUT2D eigenvalue weighted by Gasteiger charge is -2.28. The number of hydrogen-bond acceptors (Lipinski definition) is 2. The Hall–Kier alpha value is -1.29. The highest BCUT2D eigenvalue weighted by atomic mass is 32.1. The maximum absolute atomic E-state index is 5.53. The predicted octanol–water partition coefficient (Wildman–Crippen LogP) is 4.68. The van der Waals surface area contributed by atoms with Crippen molar-refractivity contribution in [3.05, 3.63) is 23.0 Å². The molecule has 1 heterocycles. The van der Waals surface area contributed by atoms with Gasteiger partial charge in [-0.05, 0) is 49.0 Å². The van der Waals surface area contributed by atoms with E-state index in [2.05, 4.69) is 22.5 Å². The second-order valence-electron chi connectivity index (χ2n) is 5.96. The number of imidazole rings is 1. The molecule has 4 heteroatoms. The summed E-state index contributed by atoms with van der Waals surface area (Å²) in [5.74, 6) is 0.886. The molecule has 1 N–H and O–H groups in total. The van der Waals surface area contributed by atoms with E-state index in [1.807, 2.05) is 12.1 Å². The highest BCUT2D eigenvalue weighted by Gasteiger charge is 2.32. The van der Waals surface area contributed by atoms with Crippen LogP contribution in [0.4, 0.5) is 0 Å². The van der Waals surface area contributed by atoms with Crippen molar-refractivity contribution >= 4 is 23.3 Å². The molecule has 0 spiro atoms. The van der Waals surface area contributed by atoms with E-state index in [1.165, 1.54) is 32.1 Å². The summed E-state index contributed by atoms with van der Waals surface area (Å²) in [6, 6.07) is 6.11. The molecule has 108 valence electrons. The summed E-state index contributed by atoms with van der Waals surface area (Å²) in [4.78, 5) is 3.32. The molecule has 0 radical (unpaired) electrons. The van der Waals surface area contributed by atoms with E-state index in [1.54, 1.807) is 7.11 Å². The number of rotatable bonds is 4. The standard InChI is InChI=1S/C16H22N2OS/c1-3-16(8-4-5-9-16)11-18-14-10-12(19-2)6-7-13(14)17-15(18)20/h6-7,10H,3-5,8-9,11H2,1-2H3,(H,17,20). The molecule has 0 saturated heterocycles. The van der Waals surface area contributed by atoms with Gasteiger partial charge in [0.25, 0.3) is 0 Å². The Morgan fingerprint density at radius 2 is 2.10 bits per heavy atom. The molecule has 2 aromatic rings. The quantitative estimate of drug-likeness (QED) is 0.829. The van der Waals surface area contributed by atoms with Crippen LogP contribution in [0.25, 0.3) is 11.0 Å². The average Bonchev–Trinajstić information content (AvgIpc) is 3.05. The predicted molar refractivity (Wildman–Crippen MR) is 84.9 cm³/mol. The number of aromatic amines is 1. The van der Waals surface area contributed by atoms with E-state index in [0.29, 0.717) is 5.41 Å². The van der Waals surface area contributed by atoms with Gasteiger partial charge in [0.2, 0.25) is 0 Å². The number of fused-ring (bicyclic) bond motifs is 1. The lowest BCUT2D eigenvalue weighted by molar-refractivity contribution is 0.239. The number of hydrogen-bond donors (Lipinski definition) is 1. The molecule has 0 aliphatic heterocycles. The van der Waals surface area contributed by atoms with Gasteiger partial charge in [-0.2, -0.15) is 0 Å². The zero-order valence-corrected chi connectivity index (χ0v) is 13.1. The van der Waals surface area contributed by atoms with E-state index in [-0.39, 0.29) is 0 Å². The number of nitrogens with zero attached hydrogens (tertiary/aromatic N) is 1. The Morgan fingerprint density at radius 1 is 1.35 bits per heavy atom. The number of ether oxygens (including phenoxy) is 1. The fourth-order valence-corrected chi connectivity index (χ4v) is 3.77. The largest absolute Gasteiger partial charge is 0.497 e. The van der Waals surface area contributed by atoms with Crippen LogP contribution in [-0.4, -0.2) is 16.7 Å². The van der Waals surface area contributed by atoms with E-state index in [4.69, 9.17) is 17.0 Å². The van der Waals surface area contributed by atoms with Gasteiger partial charge in [0.15, 0.2) is 4.77 Å². The molecule has 3 nitrogen and oxygen atoms in total. The van der Waals surface area contributed by atoms with Gasteiger partial charge in [0.1, 0.15) is 5.75 Å². The van der Waals surface area contributed by atoms with Crippen LogP contribution in [0, 0.1) is 10.2 Å². The lowest BCUT2D eigenvalue weighted by atomic mass is 9.83. The van der Waals surface area contributed by atoms with Gasteiger partial charge >= 0.3 is 0 Å². The molecular formula is C16H22N2OS. The smallest absolute Gasteiger partial charge is 0.178 e. The van der Waals surface area contributed by atoms with Crippen molar-refractivity contribution in [2.45, 2.75) is 45.6 Å². The van der Waals surface area contributed by atoms with Gasteiger partial charge in [0.05, 0.1) is 18.1 Å². The van der Waals surface area contributed by atoms with Crippen LogP contribution >= 0.6 is 12.2 Å². The fourth-order valence-electron chi connectivity index (χ4n) is 3.50. The van der Waals surface area contributed by atoms with Crippen LogP contribution < -0.4 is 4.74 Å². The molecule has 1 aliphatic rings. The number of methoxy groups -OCH3 is 1. The molecule has 20 heavy (non-hydrogen) atoms. The number of H-pyrrole nitrogens is 1. The van der Waals surface area contributed by atoms with Gasteiger partial charge < -0.3 is 14.3 Å². The monoisotopic (exact) mass is 290 g/mol. The molecule has 1 aliphatic carbocycles. The summed E-state index contributed by atoms with van der Waals surface area (Å²) in [7, 11) is 1.71. The molecule has 1 aromatic carbocycles. The summed E-state index contributed by atoms with van der Waals surface area (Å²) in [6.07, 6.45) is 6.58. The number of benzene rings is 1. The topological polar surface area (TPSA) is 29.9 Å². The normalized spacial score (nSPS) is 17.7. The maximum atomic E-state index is 5.53. The third kappa shape index (κ3) is 2.26. The van der Waals surface area contributed by atoms with Crippen molar-refractivity contribution in [1.82, 2.24) is 9.55 Å². The van der Waals surface area contributed by atoms with Crippen molar-refractivity contribution in [1.29, 1.82) is 0 Å². The van der Waals surface area contributed by atoms with Crippen molar-refractivity contribution in [3.8, 4) is 5.75 Å². The fraction of sp³-hybridized carbons (Fsp3) is 0.562. The Kier molecular flexibility index (Phi) is 3.59. The summed E-state index contributed by atoms with van der Waals surface area (Å²) in [5.41, 5.74) is 2.69. The van der Waals surface area contributed by atoms with E-state index in [9.17, 15) is 0 Å². The van der Waals surface area contributed by atoms with Crippen molar-refractivity contribution in [3.63, 3.8) is 0 Å². The zero-order valence-electron chi connectivity index (χ0n) is 12.2. The van der Waals surface area contributed by atoms with Gasteiger partial charge in [0, 0.05) is 12.6 Å². The summed E-state index contributed by atoms with van der Waals surface area (Å²) < 4.78 is 8.44. The lowest BCUT2D eigenvalue weighted by Crippen LogP contribution is -2.22. The van der Waals surface area contributed by atoms with Crippen LogP contribution in [-0.2, 0) is 6.54 Å². The zero-order chi connectivity index (χ0) is 14.2. The van der Waals surface area contributed by atoms with Crippen molar-refractivity contribution in [2.75, 3.05) is 7.11 Å². The highest BCUT2D eigenvalue weighted by Crippen LogP contribution is 2.43. The molecule has 1 fully saturated rings. The first-order valence-corrected chi connectivity index (χ1v) is 7.85. The molecular weight excluding hydrogens is 268 g/mol. The van der Waals surface area contributed by atoms with Gasteiger partial charge in [-0.25, -0.2) is 0 Å². The van der Waals surface area contributed by atoms with Gasteiger partial charge in [-0.15, -0.1) is 0 Å². The first-order chi connectivity index (χ1) is 9.67. The minimum absolute atomic E-state index is 0.427. The van der Waals surface area contributed by atoms with Crippen LogP contribution in [0.5, 0.6) is 5.75 Å². The van der Waals surface area contributed by atoms with Gasteiger partial charge in [-0.3, -0.25) is 0 Å². The number of aromatic nitrogens is 2. The SMILES string of the molecule is CCC1(Cn2c(=S)[nH]c3ccc(OC)cc32)CCCC1. The Morgan fingerprint density at radius 3 is 2.75 bits per heavy atom. The first-order valence-electron chi connectivity index (χ1n) is 7.44. The molecule has 0 atom stereocenters. The van der Waals surface area contributed by atoms with Crippen LogP contribution in [0.2, 0.25) is 0 Å². The summed E-state index contributed by atoms with van der Waals surface area (Å²) >= 11 is 5.53. The first kappa shape index (κ1) is 13.7. The van der Waals surface area contributed by atoms with Crippen molar-refractivity contribution < 1.29 is 4.74 Å². The Labute approximate surface area is 125 Å². The van der Waals surface area contributed by atoms with E-state index < -0.39 is 0 Å². The minimum atomic E-state index is 0.427.